The molecule has 3 heteroatoms. The first-order valence-electron chi connectivity index (χ1n) is 5.45. The van der Waals surface area contributed by atoms with E-state index in [4.69, 9.17) is 4.74 Å². The third-order valence-corrected chi connectivity index (χ3v) is 2.21. The second-order valence-electron chi connectivity index (χ2n) is 3.88. The van der Waals surface area contributed by atoms with Crippen molar-refractivity contribution in [1.82, 2.24) is 10.3 Å². The summed E-state index contributed by atoms with van der Waals surface area (Å²) in [6.45, 7) is 7.87. The van der Waals surface area contributed by atoms with Crippen molar-refractivity contribution in [3.05, 3.63) is 30.1 Å². The second-order valence-corrected chi connectivity index (χ2v) is 3.88. The van der Waals surface area contributed by atoms with Crippen LogP contribution in [-0.4, -0.2) is 24.2 Å². The van der Waals surface area contributed by atoms with Gasteiger partial charge in [-0.25, -0.2) is 0 Å². The molecule has 0 aliphatic carbocycles. The molecular formula is C12H20N2O. The molecule has 0 saturated heterocycles. The van der Waals surface area contributed by atoms with E-state index in [0.29, 0.717) is 12.1 Å². The zero-order chi connectivity index (χ0) is 11.1. The molecule has 84 valence electrons. The van der Waals surface area contributed by atoms with Gasteiger partial charge in [-0.05, 0) is 38.5 Å². The lowest BCUT2D eigenvalue weighted by atomic mass is 10.1. The van der Waals surface area contributed by atoms with Crippen LogP contribution >= 0.6 is 0 Å². The summed E-state index contributed by atoms with van der Waals surface area (Å²) in [5, 5.41) is 3.40. The largest absolute Gasteiger partial charge is 0.377 e. The minimum Gasteiger partial charge on any atom is -0.377 e. The van der Waals surface area contributed by atoms with Crippen LogP contribution in [-0.2, 0) is 4.74 Å². The van der Waals surface area contributed by atoms with E-state index in [-0.39, 0.29) is 0 Å². The highest BCUT2D eigenvalue weighted by Gasteiger charge is 2.03. The fraction of sp³-hybridized carbons (Fsp3) is 0.583. The van der Waals surface area contributed by atoms with Crippen molar-refractivity contribution in [3.63, 3.8) is 0 Å². The van der Waals surface area contributed by atoms with Gasteiger partial charge in [-0.15, -0.1) is 0 Å². The molecule has 0 fully saturated rings. The molecule has 0 aliphatic heterocycles. The van der Waals surface area contributed by atoms with Crippen LogP contribution in [0.25, 0.3) is 0 Å². The van der Waals surface area contributed by atoms with Gasteiger partial charge in [0.15, 0.2) is 0 Å². The molecule has 0 aromatic carbocycles. The van der Waals surface area contributed by atoms with E-state index >= 15 is 0 Å². The Morgan fingerprint density at radius 1 is 1.27 bits per heavy atom. The fourth-order valence-electron chi connectivity index (χ4n) is 1.34. The Morgan fingerprint density at radius 2 is 1.93 bits per heavy atom. The molecule has 1 atom stereocenters. The van der Waals surface area contributed by atoms with Crippen LogP contribution in [0, 0.1) is 0 Å². The molecule has 1 aromatic heterocycles. The Morgan fingerprint density at radius 3 is 2.53 bits per heavy atom. The molecule has 1 aromatic rings. The normalized spacial score (nSPS) is 13.1. The number of aromatic nitrogens is 1. The Kier molecular flexibility index (Phi) is 5.29. The Hall–Kier alpha value is -0.930. The van der Waals surface area contributed by atoms with Crippen molar-refractivity contribution in [2.45, 2.75) is 32.9 Å². The predicted molar refractivity (Wildman–Crippen MR) is 61.7 cm³/mol. The molecular weight excluding hydrogens is 188 g/mol. The summed E-state index contributed by atoms with van der Waals surface area (Å²) in [5.74, 6) is 0. The van der Waals surface area contributed by atoms with E-state index in [1.54, 1.807) is 0 Å². The highest BCUT2D eigenvalue weighted by Crippen LogP contribution is 2.09. The van der Waals surface area contributed by atoms with Crippen LogP contribution in [0.5, 0.6) is 0 Å². The van der Waals surface area contributed by atoms with Crippen LogP contribution in [0.15, 0.2) is 24.5 Å². The van der Waals surface area contributed by atoms with Crippen LogP contribution < -0.4 is 5.32 Å². The lowest BCUT2D eigenvalue weighted by molar-refractivity contribution is 0.0796. The summed E-state index contributed by atoms with van der Waals surface area (Å²) in [7, 11) is 0. The third-order valence-electron chi connectivity index (χ3n) is 2.21. The number of ether oxygens (including phenoxy) is 1. The predicted octanol–water partition coefficient (Wildman–Crippen LogP) is 2.16. The molecule has 3 nitrogen and oxygen atoms in total. The summed E-state index contributed by atoms with van der Waals surface area (Å²) >= 11 is 0. The molecule has 0 amide bonds. The number of nitrogens with one attached hydrogen (secondary N) is 1. The maximum Gasteiger partial charge on any atom is 0.0594 e. The van der Waals surface area contributed by atoms with Gasteiger partial charge in [0.25, 0.3) is 0 Å². The van der Waals surface area contributed by atoms with Crippen molar-refractivity contribution >= 4 is 0 Å². The molecule has 1 N–H and O–H groups in total. The van der Waals surface area contributed by atoms with Gasteiger partial charge in [0.1, 0.15) is 0 Å². The summed E-state index contributed by atoms with van der Waals surface area (Å²) in [4.78, 5) is 3.99. The van der Waals surface area contributed by atoms with Crippen LogP contribution in [0.4, 0.5) is 0 Å². The first kappa shape index (κ1) is 12.1. The number of hydrogen-bond donors (Lipinski definition) is 1. The molecule has 0 bridgehead atoms. The second kappa shape index (κ2) is 6.53. The van der Waals surface area contributed by atoms with Gasteiger partial charge in [-0.2, -0.15) is 0 Å². The van der Waals surface area contributed by atoms with Crippen molar-refractivity contribution in [1.29, 1.82) is 0 Å². The lowest BCUT2D eigenvalue weighted by Crippen LogP contribution is -2.24. The quantitative estimate of drug-likeness (QED) is 0.727. The third kappa shape index (κ3) is 4.91. The molecule has 0 radical (unpaired) electrons. The van der Waals surface area contributed by atoms with Crippen molar-refractivity contribution in [3.8, 4) is 0 Å². The van der Waals surface area contributed by atoms with Crippen LogP contribution in [0.2, 0.25) is 0 Å². The topological polar surface area (TPSA) is 34.1 Å². The zero-order valence-electron chi connectivity index (χ0n) is 9.73. The summed E-state index contributed by atoms with van der Waals surface area (Å²) in [6.07, 6.45) is 3.94. The smallest absolute Gasteiger partial charge is 0.0594 e. The molecule has 1 heterocycles. The first-order chi connectivity index (χ1) is 7.20. The van der Waals surface area contributed by atoms with E-state index in [1.165, 1.54) is 5.56 Å². The number of pyridine rings is 1. The number of rotatable bonds is 6. The van der Waals surface area contributed by atoms with Gasteiger partial charge in [0.05, 0.1) is 12.7 Å². The van der Waals surface area contributed by atoms with E-state index < -0.39 is 0 Å². The number of hydrogen-bond acceptors (Lipinski definition) is 3. The summed E-state index contributed by atoms with van der Waals surface area (Å²) < 4.78 is 5.45. The lowest BCUT2D eigenvalue weighted by Gasteiger charge is -2.14. The van der Waals surface area contributed by atoms with Gasteiger partial charge < -0.3 is 10.1 Å². The molecule has 0 saturated carbocycles. The maximum atomic E-state index is 5.45. The minimum atomic E-state index is 0.308. The summed E-state index contributed by atoms with van der Waals surface area (Å²) in [5.41, 5.74) is 1.26. The van der Waals surface area contributed by atoms with Gasteiger partial charge in [-0.3, -0.25) is 4.98 Å². The van der Waals surface area contributed by atoms with E-state index in [9.17, 15) is 0 Å². The van der Waals surface area contributed by atoms with Crippen molar-refractivity contribution in [2.24, 2.45) is 0 Å². The summed E-state index contributed by atoms with van der Waals surface area (Å²) in [6, 6.07) is 4.41. The number of nitrogens with zero attached hydrogens (tertiary/aromatic N) is 1. The van der Waals surface area contributed by atoms with E-state index in [2.05, 4.69) is 17.2 Å². The van der Waals surface area contributed by atoms with Gasteiger partial charge in [0.2, 0.25) is 0 Å². The van der Waals surface area contributed by atoms with Gasteiger partial charge in [0, 0.05) is 25.0 Å². The van der Waals surface area contributed by atoms with Crippen molar-refractivity contribution < 1.29 is 4.74 Å². The van der Waals surface area contributed by atoms with Crippen LogP contribution in [0.3, 0.4) is 0 Å². The highest BCUT2D eigenvalue weighted by molar-refractivity contribution is 5.13. The molecule has 0 spiro atoms. The molecule has 1 rings (SSSR count). The highest BCUT2D eigenvalue weighted by atomic mass is 16.5. The Bertz CT molecular complexity index is 262. The SMILES string of the molecule is CC(C)OCCN[C@H](C)c1ccncc1. The van der Waals surface area contributed by atoms with Gasteiger partial charge >= 0.3 is 0 Å². The fourth-order valence-corrected chi connectivity index (χ4v) is 1.34. The molecule has 15 heavy (non-hydrogen) atoms. The van der Waals surface area contributed by atoms with Gasteiger partial charge in [-0.1, -0.05) is 0 Å². The first-order valence-corrected chi connectivity index (χ1v) is 5.45. The zero-order valence-corrected chi connectivity index (χ0v) is 9.73. The minimum absolute atomic E-state index is 0.308. The molecule has 0 aliphatic rings. The van der Waals surface area contributed by atoms with Crippen LogP contribution in [0.1, 0.15) is 32.4 Å². The van der Waals surface area contributed by atoms with E-state index in [0.717, 1.165) is 13.2 Å². The Labute approximate surface area is 91.9 Å². The maximum absolute atomic E-state index is 5.45. The standard InChI is InChI=1S/C12H20N2O/c1-10(2)15-9-8-14-11(3)12-4-6-13-7-5-12/h4-7,10-11,14H,8-9H2,1-3H3/t11-/m1/s1. The van der Waals surface area contributed by atoms with Crippen molar-refractivity contribution in [2.75, 3.05) is 13.2 Å². The Balaban J connectivity index is 2.22. The van der Waals surface area contributed by atoms with E-state index in [1.807, 2.05) is 38.4 Å². The monoisotopic (exact) mass is 208 g/mol. The average molecular weight is 208 g/mol. The molecule has 0 unspecified atom stereocenters. The average Bonchev–Trinajstić information content (AvgIpc) is 2.25.